The Kier molecular flexibility index (Phi) is 3.63. The lowest BCUT2D eigenvalue weighted by Gasteiger charge is -2.16. The molecule has 5 rings (SSSR count). The molecular formula is C22H19FN2O. The molecule has 0 N–H and O–H groups in total. The number of fused-ring (bicyclic) bond motifs is 3. The second-order valence-corrected chi connectivity index (χ2v) is 6.96. The molecule has 0 aliphatic heterocycles. The van der Waals surface area contributed by atoms with Crippen molar-refractivity contribution in [3.8, 4) is 11.3 Å². The Balaban J connectivity index is 1.67. The highest BCUT2D eigenvalue weighted by molar-refractivity contribution is 5.89. The molecule has 0 atom stereocenters. The van der Waals surface area contributed by atoms with Crippen LogP contribution in [0, 0.1) is 5.82 Å². The molecule has 1 aliphatic rings. The van der Waals surface area contributed by atoms with Crippen LogP contribution in [0.3, 0.4) is 0 Å². The second-order valence-electron chi connectivity index (χ2n) is 6.96. The molecule has 2 aromatic carbocycles. The van der Waals surface area contributed by atoms with Gasteiger partial charge in [-0.05, 0) is 67.1 Å². The number of halogens is 1. The first-order valence-electron chi connectivity index (χ1n) is 9.09. The minimum Gasteiger partial charge on any atom is -0.356 e. The number of rotatable bonds is 3. The second kappa shape index (κ2) is 6.13. The third kappa shape index (κ3) is 2.53. The monoisotopic (exact) mass is 346 g/mol. The molecule has 0 fully saturated rings. The predicted octanol–water partition coefficient (Wildman–Crippen LogP) is 5.36. The maximum absolute atomic E-state index is 13.6. The summed E-state index contributed by atoms with van der Waals surface area (Å²) >= 11 is 0. The molecule has 1 aliphatic carbocycles. The van der Waals surface area contributed by atoms with Crippen molar-refractivity contribution in [3.63, 3.8) is 0 Å². The van der Waals surface area contributed by atoms with E-state index in [1.54, 1.807) is 18.3 Å². The number of nitrogens with zero attached hydrogens (tertiary/aromatic N) is 2. The van der Waals surface area contributed by atoms with Gasteiger partial charge in [-0.15, -0.1) is 0 Å². The van der Waals surface area contributed by atoms with Crippen LogP contribution in [0.4, 0.5) is 4.39 Å². The van der Waals surface area contributed by atoms with E-state index in [-0.39, 0.29) is 5.82 Å². The van der Waals surface area contributed by atoms with Crippen LogP contribution < -0.4 is 0 Å². The molecule has 130 valence electrons. The van der Waals surface area contributed by atoms with Crippen molar-refractivity contribution in [2.75, 3.05) is 0 Å². The van der Waals surface area contributed by atoms with Gasteiger partial charge in [0.1, 0.15) is 5.82 Å². The first kappa shape index (κ1) is 15.4. The predicted molar refractivity (Wildman–Crippen MR) is 99.6 cm³/mol. The minimum atomic E-state index is -0.180. The van der Waals surface area contributed by atoms with Gasteiger partial charge < -0.3 is 9.09 Å². The van der Waals surface area contributed by atoms with Crippen LogP contribution in [0.25, 0.3) is 22.2 Å². The smallest absolute Gasteiger partial charge is 0.166 e. The molecule has 4 heteroatoms. The van der Waals surface area contributed by atoms with Crippen LogP contribution in [0.1, 0.15) is 29.7 Å². The molecule has 2 aromatic heterocycles. The fourth-order valence-corrected chi connectivity index (χ4v) is 4.15. The normalized spacial score (nSPS) is 13.9. The van der Waals surface area contributed by atoms with Gasteiger partial charge in [0.2, 0.25) is 0 Å². The zero-order valence-corrected chi connectivity index (χ0v) is 14.4. The summed E-state index contributed by atoms with van der Waals surface area (Å²) in [5.41, 5.74) is 6.08. The zero-order valence-electron chi connectivity index (χ0n) is 14.4. The number of hydrogen-bond acceptors (Lipinski definition) is 2. The van der Waals surface area contributed by atoms with Crippen molar-refractivity contribution in [2.45, 2.75) is 32.2 Å². The molecular weight excluding hydrogens is 327 g/mol. The average molecular weight is 346 g/mol. The summed E-state index contributed by atoms with van der Waals surface area (Å²) in [5.74, 6) is 0.606. The Bertz CT molecular complexity index is 1080. The average Bonchev–Trinajstić information content (AvgIpc) is 3.29. The summed E-state index contributed by atoms with van der Waals surface area (Å²) in [6.07, 6.45) is 6.28. The van der Waals surface area contributed by atoms with E-state index in [1.807, 2.05) is 12.1 Å². The molecule has 0 bridgehead atoms. The van der Waals surface area contributed by atoms with Gasteiger partial charge in [0.15, 0.2) is 5.76 Å². The van der Waals surface area contributed by atoms with Crippen LogP contribution in [0.5, 0.6) is 0 Å². The van der Waals surface area contributed by atoms with E-state index in [0.717, 1.165) is 29.7 Å². The van der Waals surface area contributed by atoms with Crippen LogP contribution in [-0.2, 0) is 19.4 Å². The van der Waals surface area contributed by atoms with Gasteiger partial charge in [-0.3, -0.25) is 0 Å². The maximum Gasteiger partial charge on any atom is 0.166 e. The SMILES string of the molecule is Fc1cccc(Cn2c3c(c4cc(-c5ccno5)ccc42)CCCC3)c1. The summed E-state index contributed by atoms with van der Waals surface area (Å²) in [6.45, 7) is 0.700. The fourth-order valence-electron chi connectivity index (χ4n) is 4.15. The third-order valence-electron chi connectivity index (χ3n) is 5.33. The summed E-state index contributed by atoms with van der Waals surface area (Å²) in [5, 5.41) is 5.10. The molecule has 0 radical (unpaired) electrons. The Morgan fingerprint density at radius 1 is 1.04 bits per heavy atom. The molecule has 26 heavy (non-hydrogen) atoms. The Hall–Kier alpha value is -2.88. The quantitative estimate of drug-likeness (QED) is 0.500. The number of aromatic nitrogens is 2. The minimum absolute atomic E-state index is 0.180. The van der Waals surface area contributed by atoms with E-state index in [2.05, 4.69) is 27.9 Å². The van der Waals surface area contributed by atoms with Crippen LogP contribution in [0.2, 0.25) is 0 Å². The van der Waals surface area contributed by atoms with E-state index >= 15 is 0 Å². The molecule has 0 spiro atoms. The third-order valence-corrected chi connectivity index (χ3v) is 5.33. The standard InChI is InChI=1S/C22H19FN2O/c23-17-5-3-4-15(12-17)14-25-20-7-2-1-6-18(20)19-13-16(8-9-21(19)25)22-10-11-24-26-22/h3-5,8-13H,1-2,6-7,14H2. The fraction of sp³-hybridized carbons (Fsp3) is 0.227. The van der Waals surface area contributed by atoms with Crippen molar-refractivity contribution in [1.29, 1.82) is 0 Å². The highest BCUT2D eigenvalue weighted by Crippen LogP contribution is 2.35. The molecule has 3 nitrogen and oxygen atoms in total. The maximum atomic E-state index is 13.6. The van der Waals surface area contributed by atoms with Crippen LogP contribution >= 0.6 is 0 Å². The topological polar surface area (TPSA) is 31.0 Å². The van der Waals surface area contributed by atoms with Gasteiger partial charge in [-0.25, -0.2) is 4.39 Å². The highest BCUT2D eigenvalue weighted by Gasteiger charge is 2.21. The molecule has 4 aromatic rings. The Morgan fingerprint density at radius 3 is 2.81 bits per heavy atom. The zero-order chi connectivity index (χ0) is 17.5. The largest absolute Gasteiger partial charge is 0.356 e. The lowest BCUT2D eigenvalue weighted by Crippen LogP contribution is -2.09. The van der Waals surface area contributed by atoms with E-state index in [9.17, 15) is 4.39 Å². The Labute approximate surface area is 151 Å². The number of benzene rings is 2. The first-order valence-corrected chi connectivity index (χ1v) is 9.09. The van der Waals surface area contributed by atoms with Gasteiger partial charge >= 0.3 is 0 Å². The lowest BCUT2D eigenvalue weighted by atomic mass is 9.95. The van der Waals surface area contributed by atoms with Gasteiger partial charge in [0, 0.05) is 34.8 Å². The highest BCUT2D eigenvalue weighted by atomic mass is 19.1. The van der Waals surface area contributed by atoms with E-state index in [4.69, 9.17) is 4.52 Å². The first-order chi connectivity index (χ1) is 12.8. The van der Waals surface area contributed by atoms with Gasteiger partial charge in [0.25, 0.3) is 0 Å². The van der Waals surface area contributed by atoms with Crippen LogP contribution in [-0.4, -0.2) is 9.72 Å². The molecule has 2 heterocycles. The Morgan fingerprint density at radius 2 is 1.96 bits per heavy atom. The van der Waals surface area contributed by atoms with Crippen molar-refractivity contribution in [2.24, 2.45) is 0 Å². The van der Waals surface area contributed by atoms with Crippen molar-refractivity contribution < 1.29 is 8.91 Å². The number of hydrogen-bond donors (Lipinski definition) is 0. The lowest BCUT2D eigenvalue weighted by molar-refractivity contribution is 0.432. The molecule has 0 saturated carbocycles. The summed E-state index contributed by atoms with van der Waals surface area (Å²) in [7, 11) is 0. The van der Waals surface area contributed by atoms with E-state index in [0.29, 0.717) is 6.54 Å². The van der Waals surface area contributed by atoms with Crippen molar-refractivity contribution in [3.05, 3.63) is 77.4 Å². The van der Waals surface area contributed by atoms with E-state index < -0.39 is 0 Å². The molecule has 0 amide bonds. The summed E-state index contributed by atoms with van der Waals surface area (Å²) < 4.78 is 21.3. The van der Waals surface area contributed by atoms with Crippen LogP contribution in [0.15, 0.2) is 59.3 Å². The van der Waals surface area contributed by atoms with Gasteiger partial charge in [0.05, 0.1) is 6.20 Å². The van der Waals surface area contributed by atoms with Gasteiger partial charge in [-0.1, -0.05) is 17.3 Å². The summed E-state index contributed by atoms with van der Waals surface area (Å²) in [6, 6.07) is 15.2. The van der Waals surface area contributed by atoms with Crippen molar-refractivity contribution in [1.82, 2.24) is 9.72 Å². The van der Waals surface area contributed by atoms with Crippen molar-refractivity contribution >= 4 is 10.9 Å². The summed E-state index contributed by atoms with van der Waals surface area (Å²) in [4.78, 5) is 0. The van der Waals surface area contributed by atoms with E-state index in [1.165, 1.54) is 41.1 Å². The molecule has 0 unspecified atom stereocenters. The van der Waals surface area contributed by atoms with Gasteiger partial charge in [-0.2, -0.15) is 0 Å². The molecule has 0 saturated heterocycles. The number of aryl methyl sites for hydroxylation is 1.